The van der Waals surface area contributed by atoms with E-state index in [4.69, 9.17) is 55.9 Å². The van der Waals surface area contributed by atoms with Crippen molar-refractivity contribution < 1.29 is 14.3 Å². The minimum atomic E-state index is -1.12. The first kappa shape index (κ1) is 14.1. The Labute approximate surface area is 134 Å². The van der Waals surface area contributed by atoms with Crippen molar-refractivity contribution >= 4 is 52.2 Å². The largest absolute Gasteiger partial charge is 0.442 e. The summed E-state index contributed by atoms with van der Waals surface area (Å²) in [4.78, 5) is 12.2. The van der Waals surface area contributed by atoms with Crippen LogP contribution in [0, 0.1) is 0 Å². The van der Waals surface area contributed by atoms with Gasteiger partial charge in [-0.2, -0.15) is 0 Å². The average molecular weight is 352 g/mol. The Kier molecular flexibility index (Phi) is 3.63. The van der Waals surface area contributed by atoms with Gasteiger partial charge in [0, 0.05) is 5.57 Å². The van der Waals surface area contributed by atoms with E-state index in [0.717, 1.165) is 0 Å². The zero-order valence-electron chi connectivity index (χ0n) is 9.75. The molecule has 20 heavy (non-hydrogen) atoms. The number of benzene rings is 1. The second kappa shape index (κ2) is 5.15. The number of hydrogen-bond acceptors (Lipinski definition) is 3. The molecule has 1 heterocycles. The van der Waals surface area contributed by atoms with Crippen LogP contribution in [0.2, 0.25) is 20.1 Å². The molecule has 0 fully saturated rings. The molecule has 1 aromatic carbocycles. The van der Waals surface area contributed by atoms with Crippen LogP contribution < -0.4 is 9.47 Å². The predicted molar refractivity (Wildman–Crippen MR) is 78.4 cm³/mol. The lowest BCUT2D eigenvalue weighted by Crippen LogP contribution is -2.30. The molecule has 1 aliphatic carbocycles. The van der Waals surface area contributed by atoms with Gasteiger partial charge in [-0.05, 0) is 6.42 Å². The highest BCUT2D eigenvalue weighted by molar-refractivity contribution is 6.53. The molecule has 0 aromatic heterocycles. The molecule has 3 nitrogen and oxygen atoms in total. The first-order valence-corrected chi connectivity index (χ1v) is 7.11. The van der Waals surface area contributed by atoms with Crippen LogP contribution in [0.5, 0.6) is 11.5 Å². The number of halogens is 4. The molecule has 0 N–H and O–H groups in total. The van der Waals surface area contributed by atoms with E-state index in [0.29, 0.717) is 12.0 Å². The van der Waals surface area contributed by atoms with E-state index < -0.39 is 6.29 Å². The summed E-state index contributed by atoms with van der Waals surface area (Å²) in [7, 11) is 0. The third-order valence-electron chi connectivity index (χ3n) is 2.93. The van der Waals surface area contributed by atoms with Crippen molar-refractivity contribution in [2.75, 3.05) is 0 Å². The summed E-state index contributed by atoms with van der Waals surface area (Å²) in [6, 6.07) is 0. The molecule has 0 atom stereocenters. The molecular formula is C13H6Cl4O3. The van der Waals surface area contributed by atoms with Crippen LogP contribution in [0.4, 0.5) is 0 Å². The Bertz CT molecular complexity index is 642. The molecule has 0 bridgehead atoms. The van der Waals surface area contributed by atoms with Crippen molar-refractivity contribution in [1.29, 1.82) is 0 Å². The lowest BCUT2D eigenvalue weighted by molar-refractivity contribution is -0.130. The predicted octanol–water partition coefficient (Wildman–Crippen LogP) is 4.85. The topological polar surface area (TPSA) is 35.5 Å². The molecule has 0 amide bonds. The van der Waals surface area contributed by atoms with Gasteiger partial charge in [0.1, 0.15) is 10.0 Å². The van der Waals surface area contributed by atoms with E-state index >= 15 is 0 Å². The molecule has 3 rings (SSSR count). The van der Waals surface area contributed by atoms with Crippen LogP contribution in [0.25, 0.3) is 0 Å². The van der Waals surface area contributed by atoms with Gasteiger partial charge in [-0.1, -0.05) is 64.6 Å². The van der Waals surface area contributed by atoms with Gasteiger partial charge in [0.2, 0.25) is 5.78 Å². The first-order chi connectivity index (χ1) is 9.50. The Hall–Kier alpha value is -0.870. The normalized spacial score (nSPS) is 16.7. The molecular weight excluding hydrogens is 346 g/mol. The van der Waals surface area contributed by atoms with E-state index in [1.54, 1.807) is 12.2 Å². The first-order valence-electron chi connectivity index (χ1n) is 5.60. The van der Waals surface area contributed by atoms with Gasteiger partial charge >= 0.3 is 6.29 Å². The van der Waals surface area contributed by atoms with Crippen LogP contribution in [-0.4, -0.2) is 12.1 Å². The van der Waals surface area contributed by atoms with Crippen LogP contribution in [0.3, 0.4) is 0 Å². The molecule has 0 unspecified atom stereocenters. The van der Waals surface area contributed by atoms with Crippen LogP contribution in [0.15, 0.2) is 23.8 Å². The lowest BCUT2D eigenvalue weighted by atomic mass is 10.1. The minimum Gasteiger partial charge on any atom is -0.442 e. The summed E-state index contributed by atoms with van der Waals surface area (Å²) >= 11 is 23.9. The second-order valence-electron chi connectivity index (χ2n) is 4.17. The van der Waals surface area contributed by atoms with Crippen molar-refractivity contribution in [3.63, 3.8) is 0 Å². The molecule has 0 saturated heterocycles. The van der Waals surface area contributed by atoms with Gasteiger partial charge in [-0.25, -0.2) is 0 Å². The fourth-order valence-electron chi connectivity index (χ4n) is 1.93. The molecule has 1 aromatic rings. The minimum absolute atomic E-state index is 0.0653. The van der Waals surface area contributed by atoms with Crippen molar-refractivity contribution in [2.45, 2.75) is 12.7 Å². The summed E-state index contributed by atoms with van der Waals surface area (Å²) in [5.74, 6) is -0.0162. The highest BCUT2D eigenvalue weighted by atomic mass is 35.5. The lowest BCUT2D eigenvalue weighted by Gasteiger charge is -2.09. The van der Waals surface area contributed by atoms with Crippen molar-refractivity contribution in [1.82, 2.24) is 0 Å². The highest BCUT2D eigenvalue weighted by Crippen LogP contribution is 2.53. The number of fused-ring (bicyclic) bond motifs is 1. The Morgan fingerprint density at radius 1 is 1.00 bits per heavy atom. The Morgan fingerprint density at radius 2 is 1.55 bits per heavy atom. The molecule has 0 radical (unpaired) electrons. The molecule has 7 heteroatoms. The molecule has 0 spiro atoms. The van der Waals surface area contributed by atoms with E-state index in [-0.39, 0.29) is 37.4 Å². The van der Waals surface area contributed by atoms with Crippen molar-refractivity contribution in [2.24, 2.45) is 0 Å². The smallest absolute Gasteiger partial charge is 0.305 e. The summed E-state index contributed by atoms with van der Waals surface area (Å²) in [5, 5.41) is 0.279. The number of carbonyl (C=O) groups excluding carboxylic acids is 1. The number of Topliss-reactive ketones (excluding diaryl/α,β-unsaturated/α-hetero) is 1. The maximum atomic E-state index is 12.2. The van der Waals surface area contributed by atoms with Gasteiger partial charge in [-0.3, -0.25) is 4.79 Å². The second-order valence-corrected chi connectivity index (χ2v) is 5.68. The third-order valence-corrected chi connectivity index (χ3v) is 4.70. The zero-order valence-corrected chi connectivity index (χ0v) is 12.8. The third kappa shape index (κ3) is 2.09. The van der Waals surface area contributed by atoms with Crippen molar-refractivity contribution in [3.05, 3.63) is 43.9 Å². The Morgan fingerprint density at radius 3 is 2.00 bits per heavy atom. The summed E-state index contributed by atoms with van der Waals surface area (Å²) in [6.45, 7) is 0. The van der Waals surface area contributed by atoms with E-state index in [9.17, 15) is 4.79 Å². The zero-order chi connectivity index (χ0) is 14.4. The van der Waals surface area contributed by atoms with Gasteiger partial charge in [-0.15, -0.1) is 0 Å². The van der Waals surface area contributed by atoms with Gasteiger partial charge in [0.05, 0.1) is 10.0 Å². The van der Waals surface area contributed by atoms with E-state index in [1.807, 2.05) is 6.08 Å². The number of hydrogen-bond donors (Lipinski definition) is 0. The maximum Gasteiger partial charge on any atom is 0.305 e. The fourth-order valence-corrected chi connectivity index (χ4v) is 2.84. The molecule has 104 valence electrons. The fraction of sp³-hybridized carbons (Fsp3) is 0.154. The van der Waals surface area contributed by atoms with Gasteiger partial charge < -0.3 is 9.47 Å². The highest BCUT2D eigenvalue weighted by Gasteiger charge is 2.37. The van der Waals surface area contributed by atoms with Crippen molar-refractivity contribution in [3.8, 4) is 11.5 Å². The van der Waals surface area contributed by atoms with Crippen LogP contribution in [-0.2, 0) is 4.79 Å². The monoisotopic (exact) mass is 350 g/mol. The molecule has 0 saturated carbocycles. The molecule has 2 aliphatic rings. The number of ether oxygens (including phenoxy) is 2. The maximum absolute atomic E-state index is 12.2. The van der Waals surface area contributed by atoms with Crippen LogP contribution in [0.1, 0.15) is 6.42 Å². The van der Waals surface area contributed by atoms with Gasteiger partial charge in [0.15, 0.2) is 11.5 Å². The number of ketones is 1. The van der Waals surface area contributed by atoms with E-state index in [1.165, 1.54) is 0 Å². The number of carbonyl (C=O) groups is 1. The van der Waals surface area contributed by atoms with Gasteiger partial charge in [0.25, 0.3) is 0 Å². The average Bonchev–Trinajstić information content (AvgIpc) is 3.10. The summed E-state index contributed by atoms with van der Waals surface area (Å²) in [5.41, 5.74) is 0.590. The summed E-state index contributed by atoms with van der Waals surface area (Å²) in [6.07, 6.45) is 4.79. The van der Waals surface area contributed by atoms with Crippen LogP contribution >= 0.6 is 46.4 Å². The molecule has 1 aliphatic heterocycles. The number of allylic oxidation sites excluding steroid dienone is 3. The standard InChI is InChI=1S/C13H6Cl4O3/c14-6-7(15)9(17)12-11(8(6)16)19-13(20-12)10(18)5-3-1-2-4-5/h1-3,13H,4H2. The Balaban J connectivity index is 1.95. The quantitative estimate of drug-likeness (QED) is 0.564. The number of rotatable bonds is 2. The summed E-state index contributed by atoms with van der Waals surface area (Å²) < 4.78 is 10.9. The van der Waals surface area contributed by atoms with E-state index in [2.05, 4.69) is 0 Å². The SMILES string of the molecule is O=C(C1=CC=CC1)C1Oc2c(Cl)c(Cl)c(Cl)c(Cl)c2O1.